The number of rotatable bonds is 9. The molecular formula is C31H42O7. The molecule has 0 amide bonds. The largest absolute Gasteiger partial charge is 0.497 e. The van der Waals surface area contributed by atoms with E-state index in [1.807, 2.05) is 52.0 Å². The van der Waals surface area contributed by atoms with E-state index in [0.29, 0.717) is 48.3 Å². The fourth-order valence-electron chi connectivity index (χ4n) is 3.63. The molecule has 2 rings (SSSR count). The van der Waals surface area contributed by atoms with Gasteiger partial charge in [-0.05, 0) is 88.8 Å². The van der Waals surface area contributed by atoms with Gasteiger partial charge in [0.2, 0.25) is 0 Å². The Kier molecular flexibility index (Phi) is 14.5. The normalized spacial score (nSPS) is 18.5. The minimum Gasteiger partial charge on any atom is -0.497 e. The van der Waals surface area contributed by atoms with E-state index in [4.69, 9.17) is 18.9 Å². The second-order valence-electron chi connectivity index (χ2n) is 8.79. The van der Waals surface area contributed by atoms with Gasteiger partial charge in [0.1, 0.15) is 17.6 Å². The van der Waals surface area contributed by atoms with Gasteiger partial charge >= 0.3 is 17.9 Å². The van der Waals surface area contributed by atoms with Crippen molar-refractivity contribution in [1.29, 1.82) is 0 Å². The Hall–Kier alpha value is -3.61. The van der Waals surface area contributed by atoms with E-state index in [1.54, 1.807) is 45.2 Å². The predicted molar refractivity (Wildman–Crippen MR) is 149 cm³/mol. The molecule has 0 aromatic heterocycles. The van der Waals surface area contributed by atoms with Gasteiger partial charge in [0.05, 0.1) is 25.7 Å². The van der Waals surface area contributed by atoms with Crippen molar-refractivity contribution in [1.82, 2.24) is 0 Å². The van der Waals surface area contributed by atoms with Crippen molar-refractivity contribution in [3.8, 4) is 5.75 Å². The quantitative estimate of drug-likeness (QED) is 0.114. The number of carbonyl (C=O) groups is 3. The Bertz CT molecular complexity index is 1050. The van der Waals surface area contributed by atoms with Crippen LogP contribution in [-0.2, 0) is 23.8 Å². The maximum absolute atomic E-state index is 12.6. The first-order valence-corrected chi connectivity index (χ1v) is 13.0. The summed E-state index contributed by atoms with van der Waals surface area (Å²) in [6.45, 7) is 11.2. The summed E-state index contributed by atoms with van der Waals surface area (Å²) in [7, 11) is 2.92. The van der Waals surface area contributed by atoms with Gasteiger partial charge in [0.15, 0.2) is 0 Å². The summed E-state index contributed by atoms with van der Waals surface area (Å²) in [5, 5.41) is 0. The van der Waals surface area contributed by atoms with Crippen LogP contribution >= 0.6 is 0 Å². The zero-order valence-corrected chi connectivity index (χ0v) is 24.0. The van der Waals surface area contributed by atoms with Crippen molar-refractivity contribution in [3.63, 3.8) is 0 Å². The average molecular weight is 527 g/mol. The topological polar surface area (TPSA) is 88.1 Å². The molecule has 0 bridgehead atoms. The van der Waals surface area contributed by atoms with E-state index in [-0.39, 0.29) is 29.9 Å². The Morgan fingerprint density at radius 2 is 1.37 bits per heavy atom. The van der Waals surface area contributed by atoms with Gasteiger partial charge in [-0.25, -0.2) is 9.59 Å². The molecule has 38 heavy (non-hydrogen) atoms. The van der Waals surface area contributed by atoms with Crippen LogP contribution in [0.25, 0.3) is 0 Å². The summed E-state index contributed by atoms with van der Waals surface area (Å²) in [5.74, 6) is 0.00472. The summed E-state index contributed by atoms with van der Waals surface area (Å²) >= 11 is 0. The summed E-state index contributed by atoms with van der Waals surface area (Å²) < 4.78 is 21.0. The van der Waals surface area contributed by atoms with Gasteiger partial charge < -0.3 is 18.9 Å². The minimum absolute atomic E-state index is 0.211. The number of methoxy groups -OCH3 is 2. The third-order valence-corrected chi connectivity index (χ3v) is 6.30. The fourth-order valence-corrected chi connectivity index (χ4v) is 3.63. The van der Waals surface area contributed by atoms with Gasteiger partial charge in [-0.1, -0.05) is 38.2 Å². The molecule has 0 saturated heterocycles. The molecule has 1 aliphatic carbocycles. The highest BCUT2D eigenvalue weighted by atomic mass is 16.5. The van der Waals surface area contributed by atoms with Crippen LogP contribution in [0.1, 0.15) is 77.6 Å². The smallest absolute Gasteiger partial charge is 0.338 e. The number of hydrogen-bond donors (Lipinski definition) is 0. The Labute approximate surface area is 227 Å². The van der Waals surface area contributed by atoms with E-state index in [0.717, 1.165) is 11.1 Å². The molecule has 0 heterocycles. The molecule has 1 aromatic carbocycles. The van der Waals surface area contributed by atoms with Crippen LogP contribution in [0.5, 0.6) is 5.75 Å². The van der Waals surface area contributed by atoms with Crippen LogP contribution in [0.4, 0.5) is 0 Å². The van der Waals surface area contributed by atoms with E-state index in [2.05, 4.69) is 0 Å². The fraction of sp³-hybridized carbons (Fsp3) is 0.452. The van der Waals surface area contributed by atoms with Gasteiger partial charge in [-0.15, -0.1) is 0 Å². The standard InChI is InChI=1S/C29H36O7.C2H6/c1-19(21(3)27(30)34-6)9-7-8-10-20(2)22(4)35-28(31)23-13-17-26(18-14-23)36-29(32)24-11-15-25(33-5)16-12-24;1-2/h7-12,15-16,23,26H,13-14,17-18H2,1-6H3;1-2H3/b9-7-,10-8-,21-19-,22-20-;. The van der Waals surface area contributed by atoms with E-state index >= 15 is 0 Å². The van der Waals surface area contributed by atoms with Gasteiger partial charge in [-0.3, -0.25) is 4.79 Å². The van der Waals surface area contributed by atoms with Crippen LogP contribution in [0, 0.1) is 5.92 Å². The number of allylic oxidation sites excluding steroid dienone is 7. The first-order valence-electron chi connectivity index (χ1n) is 13.0. The van der Waals surface area contributed by atoms with E-state index < -0.39 is 0 Å². The zero-order chi connectivity index (χ0) is 28.7. The summed E-state index contributed by atoms with van der Waals surface area (Å²) in [4.78, 5) is 36.6. The third kappa shape index (κ3) is 10.4. The Morgan fingerprint density at radius 3 is 1.89 bits per heavy atom. The molecule has 0 aliphatic heterocycles. The number of hydrogen-bond acceptors (Lipinski definition) is 7. The van der Waals surface area contributed by atoms with Gasteiger partial charge in [0.25, 0.3) is 0 Å². The van der Waals surface area contributed by atoms with Crippen LogP contribution in [0.3, 0.4) is 0 Å². The van der Waals surface area contributed by atoms with Crippen LogP contribution in [0.15, 0.2) is 71.0 Å². The highest BCUT2D eigenvalue weighted by molar-refractivity contribution is 5.90. The molecule has 1 aromatic rings. The number of benzene rings is 1. The number of ether oxygens (including phenoxy) is 4. The lowest BCUT2D eigenvalue weighted by atomic mass is 9.87. The van der Waals surface area contributed by atoms with Crippen molar-refractivity contribution >= 4 is 17.9 Å². The molecule has 0 spiro atoms. The molecule has 1 fully saturated rings. The van der Waals surface area contributed by atoms with Crippen molar-refractivity contribution in [3.05, 3.63) is 76.6 Å². The number of esters is 3. The monoisotopic (exact) mass is 526 g/mol. The highest BCUT2D eigenvalue weighted by Gasteiger charge is 2.30. The van der Waals surface area contributed by atoms with Crippen molar-refractivity contribution < 1.29 is 33.3 Å². The third-order valence-electron chi connectivity index (χ3n) is 6.30. The molecule has 0 unspecified atom stereocenters. The van der Waals surface area contributed by atoms with Gasteiger partial charge in [0, 0.05) is 5.57 Å². The maximum atomic E-state index is 12.6. The van der Waals surface area contributed by atoms with Crippen LogP contribution in [0.2, 0.25) is 0 Å². The summed E-state index contributed by atoms with van der Waals surface area (Å²) in [5.41, 5.74) is 2.65. The van der Waals surface area contributed by atoms with Crippen LogP contribution < -0.4 is 4.74 Å². The Morgan fingerprint density at radius 1 is 0.816 bits per heavy atom. The van der Waals surface area contributed by atoms with E-state index in [9.17, 15) is 14.4 Å². The first kappa shape index (κ1) is 32.4. The lowest BCUT2D eigenvalue weighted by Crippen LogP contribution is -2.29. The molecule has 1 saturated carbocycles. The summed E-state index contributed by atoms with van der Waals surface area (Å²) in [6, 6.07) is 6.79. The van der Waals surface area contributed by atoms with Gasteiger partial charge in [-0.2, -0.15) is 0 Å². The molecule has 0 radical (unpaired) electrons. The lowest BCUT2D eigenvalue weighted by molar-refractivity contribution is -0.146. The first-order chi connectivity index (χ1) is 18.2. The van der Waals surface area contributed by atoms with Crippen molar-refractivity contribution in [2.45, 2.75) is 73.3 Å². The molecule has 7 heteroatoms. The second-order valence-corrected chi connectivity index (χ2v) is 8.79. The second kappa shape index (κ2) is 17.0. The molecular weight excluding hydrogens is 484 g/mol. The molecule has 0 atom stereocenters. The summed E-state index contributed by atoms with van der Waals surface area (Å²) in [6.07, 6.45) is 9.53. The van der Waals surface area contributed by atoms with Crippen LogP contribution in [-0.4, -0.2) is 38.2 Å². The maximum Gasteiger partial charge on any atom is 0.338 e. The molecule has 7 nitrogen and oxygen atoms in total. The SMILES string of the molecule is CC.COC(=O)\C(C)=C(C)/C=C\C=C/C(C)=C(/C)OC(=O)C1CCC(OC(=O)c2ccc(OC)cc2)CC1. The molecule has 1 aliphatic rings. The van der Waals surface area contributed by atoms with Crippen molar-refractivity contribution in [2.24, 2.45) is 5.92 Å². The molecule has 208 valence electrons. The minimum atomic E-state index is -0.370. The van der Waals surface area contributed by atoms with Crippen molar-refractivity contribution in [2.75, 3.05) is 14.2 Å². The lowest BCUT2D eigenvalue weighted by Gasteiger charge is -2.27. The predicted octanol–water partition coefficient (Wildman–Crippen LogP) is 6.90. The van der Waals surface area contributed by atoms with E-state index in [1.165, 1.54) is 7.11 Å². The Balaban J connectivity index is 0.00000352. The average Bonchev–Trinajstić information content (AvgIpc) is 2.95. The molecule has 0 N–H and O–H groups in total. The number of carbonyl (C=O) groups excluding carboxylic acids is 3. The highest BCUT2D eigenvalue weighted by Crippen LogP contribution is 2.29. The zero-order valence-electron chi connectivity index (χ0n) is 24.0.